The van der Waals surface area contributed by atoms with E-state index in [9.17, 15) is 28.2 Å². The fourth-order valence-electron chi connectivity index (χ4n) is 3.91. The summed E-state index contributed by atoms with van der Waals surface area (Å²) in [4.78, 5) is 12.2. The number of aromatic nitrogens is 1. The summed E-state index contributed by atoms with van der Waals surface area (Å²) in [6, 6.07) is 4.23. The second kappa shape index (κ2) is 4.37. The maximum Gasteiger partial charge on any atom is 0.416 e. The molecule has 5 nitrogen and oxygen atoms in total. The number of alkyl halides is 3. The molecule has 2 aliphatic heterocycles. The molecule has 132 valence electrons. The van der Waals surface area contributed by atoms with Crippen LogP contribution in [0.1, 0.15) is 37.0 Å². The van der Waals surface area contributed by atoms with Gasteiger partial charge in [-0.1, -0.05) is 6.07 Å². The fraction of sp³-hybridized carbons (Fsp3) is 0.353. The lowest BCUT2D eigenvalue weighted by atomic mass is 9.79. The molecule has 2 aromatic rings. The fourth-order valence-corrected chi connectivity index (χ4v) is 3.91. The first-order valence-electron chi connectivity index (χ1n) is 7.58. The molecule has 8 heteroatoms. The number of ether oxygens (including phenoxy) is 1. The van der Waals surface area contributed by atoms with Gasteiger partial charge in [-0.05, 0) is 32.0 Å². The van der Waals surface area contributed by atoms with Crippen LogP contribution < -0.4 is 0 Å². The molecule has 2 bridgehead atoms. The molecule has 0 spiro atoms. The van der Waals surface area contributed by atoms with E-state index in [0.29, 0.717) is 0 Å². The van der Waals surface area contributed by atoms with Gasteiger partial charge in [0, 0.05) is 6.42 Å². The summed E-state index contributed by atoms with van der Waals surface area (Å²) in [5, 5.41) is 21.2. The van der Waals surface area contributed by atoms with Gasteiger partial charge in [-0.15, -0.1) is 0 Å². The number of carbonyl (C=O) groups excluding carboxylic acids is 1. The third-order valence-electron chi connectivity index (χ3n) is 5.02. The largest absolute Gasteiger partial charge is 0.494 e. The van der Waals surface area contributed by atoms with Crippen LogP contribution >= 0.6 is 0 Å². The molecule has 2 atom stereocenters. The van der Waals surface area contributed by atoms with Gasteiger partial charge in [-0.25, -0.2) is 0 Å². The van der Waals surface area contributed by atoms with Gasteiger partial charge in [-0.2, -0.15) is 13.2 Å². The number of halogens is 3. The van der Waals surface area contributed by atoms with E-state index in [0.717, 1.165) is 16.7 Å². The first-order chi connectivity index (χ1) is 11.5. The Bertz CT molecular complexity index is 933. The van der Waals surface area contributed by atoms with Gasteiger partial charge in [0.25, 0.3) is 0 Å². The normalized spacial score (nSPS) is 27.8. The van der Waals surface area contributed by atoms with Crippen molar-refractivity contribution in [2.45, 2.75) is 37.6 Å². The Balaban J connectivity index is 1.97. The Morgan fingerprint density at radius 1 is 1.16 bits per heavy atom. The summed E-state index contributed by atoms with van der Waals surface area (Å²) in [7, 11) is 0. The molecule has 0 saturated carbocycles. The van der Waals surface area contributed by atoms with Gasteiger partial charge in [0.1, 0.15) is 5.60 Å². The van der Waals surface area contributed by atoms with Crippen LogP contribution in [-0.4, -0.2) is 20.6 Å². The zero-order valence-electron chi connectivity index (χ0n) is 13.3. The van der Waals surface area contributed by atoms with Gasteiger partial charge < -0.3 is 14.9 Å². The van der Waals surface area contributed by atoms with Crippen molar-refractivity contribution in [3.05, 3.63) is 41.0 Å². The van der Waals surface area contributed by atoms with E-state index >= 15 is 0 Å². The minimum atomic E-state index is -4.56. The van der Waals surface area contributed by atoms with E-state index in [1.165, 1.54) is 19.1 Å². The Hall–Kier alpha value is -2.48. The number of hydrogen-bond acceptors (Lipinski definition) is 4. The molecule has 2 aliphatic rings. The highest BCUT2D eigenvalue weighted by atomic mass is 19.4. The molecule has 1 aromatic heterocycles. The van der Waals surface area contributed by atoms with Gasteiger partial charge >= 0.3 is 6.18 Å². The highest BCUT2D eigenvalue weighted by Crippen LogP contribution is 2.62. The van der Waals surface area contributed by atoms with Gasteiger partial charge in [0.15, 0.2) is 11.4 Å². The molecule has 0 radical (unpaired) electrons. The van der Waals surface area contributed by atoms with Gasteiger partial charge in [0.2, 0.25) is 11.8 Å². The first kappa shape index (κ1) is 16.0. The maximum absolute atomic E-state index is 13.0. The lowest BCUT2D eigenvalue weighted by Crippen LogP contribution is -2.28. The van der Waals surface area contributed by atoms with Crippen molar-refractivity contribution in [2.75, 3.05) is 0 Å². The number of carbonyl (C=O) groups is 1. The van der Waals surface area contributed by atoms with Crippen molar-refractivity contribution < 1.29 is 32.9 Å². The smallest absolute Gasteiger partial charge is 0.416 e. The highest BCUT2D eigenvalue weighted by Gasteiger charge is 2.64. The van der Waals surface area contributed by atoms with Crippen LogP contribution in [0.5, 0.6) is 11.8 Å². The molecule has 3 heterocycles. The number of aromatic hydroxyl groups is 2. The van der Waals surface area contributed by atoms with E-state index in [4.69, 9.17) is 4.74 Å². The lowest BCUT2D eigenvalue weighted by Gasteiger charge is -2.20. The zero-order chi connectivity index (χ0) is 18.4. The summed E-state index contributed by atoms with van der Waals surface area (Å²) in [6.45, 7) is 3.10. The van der Waals surface area contributed by atoms with E-state index in [2.05, 4.69) is 0 Å². The van der Waals surface area contributed by atoms with Crippen molar-refractivity contribution in [1.29, 1.82) is 0 Å². The van der Waals surface area contributed by atoms with Crippen LogP contribution in [0.2, 0.25) is 0 Å². The molecule has 0 aliphatic carbocycles. The lowest BCUT2D eigenvalue weighted by molar-refractivity contribution is -0.137. The van der Waals surface area contributed by atoms with Crippen LogP contribution in [0.4, 0.5) is 13.2 Å². The summed E-state index contributed by atoms with van der Waals surface area (Å²) in [5.74, 6) is -1.17. The Morgan fingerprint density at radius 2 is 1.80 bits per heavy atom. The van der Waals surface area contributed by atoms with E-state index < -0.39 is 34.7 Å². The SMILES string of the molecule is C[C@]12CC(=O)[C@](C)(O1)c1c2c(O)n(-c2cccc(C(F)(F)F)c2)c1O. The third-order valence-corrected chi connectivity index (χ3v) is 5.02. The molecule has 0 amide bonds. The quantitative estimate of drug-likeness (QED) is 0.825. The predicted molar refractivity (Wildman–Crippen MR) is 79.5 cm³/mol. The number of fused-ring (bicyclic) bond motifs is 5. The topological polar surface area (TPSA) is 71.7 Å². The number of Topliss-reactive ketones (excluding diaryl/α,β-unsaturated/α-hetero) is 1. The van der Waals surface area contributed by atoms with Gasteiger partial charge in [-0.3, -0.25) is 9.36 Å². The number of rotatable bonds is 1. The average molecular weight is 353 g/mol. The summed E-state index contributed by atoms with van der Waals surface area (Å²) in [5.41, 5.74) is -3.15. The predicted octanol–water partition coefficient (Wildman–Crippen LogP) is 3.34. The second-order valence-corrected chi connectivity index (χ2v) is 6.75. The van der Waals surface area contributed by atoms with Crippen LogP contribution in [-0.2, 0) is 26.9 Å². The number of hydrogen-bond donors (Lipinski definition) is 2. The van der Waals surface area contributed by atoms with Gasteiger partial charge in [0.05, 0.1) is 22.4 Å². The Labute approximate surface area is 140 Å². The highest BCUT2D eigenvalue weighted by molar-refractivity contribution is 5.95. The summed E-state index contributed by atoms with van der Waals surface area (Å²) < 4.78 is 45.5. The minimum absolute atomic E-state index is 0.0239. The minimum Gasteiger partial charge on any atom is -0.494 e. The molecule has 1 saturated heterocycles. The molecule has 0 unspecified atom stereocenters. The Morgan fingerprint density at radius 3 is 2.44 bits per heavy atom. The monoisotopic (exact) mass is 353 g/mol. The van der Waals surface area contributed by atoms with Crippen LogP contribution in [0.25, 0.3) is 5.69 Å². The van der Waals surface area contributed by atoms with Crippen molar-refractivity contribution in [3.63, 3.8) is 0 Å². The molecule has 2 N–H and O–H groups in total. The molecule has 25 heavy (non-hydrogen) atoms. The Kier molecular flexibility index (Phi) is 2.80. The first-order valence-corrected chi connectivity index (χ1v) is 7.58. The average Bonchev–Trinajstić information content (AvgIpc) is 3.00. The summed E-state index contributed by atoms with van der Waals surface area (Å²) >= 11 is 0. The zero-order valence-corrected chi connectivity index (χ0v) is 13.3. The third kappa shape index (κ3) is 1.85. The number of ketones is 1. The second-order valence-electron chi connectivity index (χ2n) is 6.75. The standard InChI is InChI=1S/C17H14F3NO4/c1-15-7-10(22)16(2,25-15)12-11(15)13(23)21(14(12)24)9-5-3-4-8(6-9)17(18,19)20/h3-6,23-24H,7H2,1-2H3/t15-,16+/m1/s1. The maximum atomic E-state index is 13.0. The van der Waals surface area contributed by atoms with E-state index in [1.807, 2.05) is 0 Å². The van der Waals surface area contributed by atoms with Crippen LogP contribution in [0.3, 0.4) is 0 Å². The molecule has 1 aromatic carbocycles. The molecule has 4 rings (SSSR count). The van der Waals surface area contributed by atoms with Crippen molar-refractivity contribution >= 4 is 5.78 Å². The number of nitrogens with zero attached hydrogens (tertiary/aromatic N) is 1. The van der Waals surface area contributed by atoms with E-state index in [-0.39, 0.29) is 29.0 Å². The van der Waals surface area contributed by atoms with E-state index in [1.54, 1.807) is 6.92 Å². The number of benzene rings is 1. The van der Waals surface area contributed by atoms with Crippen LogP contribution in [0, 0.1) is 0 Å². The molecular formula is C17H14F3NO4. The summed E-state index contributed by atoms with van der Waals surface area (Å²) in [6.07, 6.45) is -4.54. The molecular weight excluding hydrogens is 339 g/mol. The van der Waals surface area contributed by atoms with Crippen molar-refractivity contribution in [3.8, 4) is 17.4 Å². The van der Waals surface area contributed by atoms with Crippen molar-refractivity contribution in [2.24, 2.45) is 0 Å². The molecule has 1 fully saturated rings. The van der Waals surface area contributed by atoms with Crippen LogP contribution in [0.15, 0.2) is 24.3 Å². The van der Waals surface area contributed by atoms with Crippen molar-refractivity contribution in [1.82, 2.24) is 4.57 Å².